The predicted octanol–water partition coefficient (Wildman–Crippen LogP) is 5.24. The number of nitrogens with zero attached hydrogens (tertiary/aromatic N) is 2. The summed E-state index contributed by atoms with van der Waals surface area (Å²) in [6.45, 7) is 6.69. The van der Waals surface area contributed by atoms with Gasteiger partial charge in [-0.3, -0.25) is 9.59 Å². The molecule has 1 heterocycles. The van der Waals surface area contributed by atoms with E-state index in [1.807, 2.05) is 68.6 Å². The molecular weight excluding hydrogens is 448 g/mol. The normalized spacial score (nSPS) is 11.1. The van der Waals surface area contributed by atoms with Crippen LogP contribution in [0.2, 0.25) is 0 Å². The van der Waals surface area contributed by atoms with E-state index in [2.05, 4.69) is 0 Å². The number of ether oxygens (including phenoxy) is 2. The first kappa shape index (κ1) is 25.3. The minimum absolute atomic E-state index is 0.0459. The Morgan fingerprint density at radius 2 is 1.65 bits per heavy atom. The van der Waals surface area contributed by atoms with Crippen LogP contribution in [0.3, 0.4) is 0 Å². The van der Waals surface area contributed by atoms with Crippen LogP contribution in [0.15, 0.2) is 66.0 Å². The van der Waals surface area contributed by atoms with Gasteiger partial charge in [-0.1, -0.05) is 36.4 Å². The van der Waals surface area contributed by atoms with Gasteiger partial charge in [0.2, 0.25) is 5.91 Å². The Labute approximate surface area is 205 Å². The van der Waals surface area contributed by atoms with Crippen molar-refractivity contribution in [1.29, 1.82) is 0 Å². The van der Waals surface area contributed by atoms with Crippen molar-refractivity contribution in [1.82, 2.24) is 9.80 Å². The van der Waals surface area contributed by atoms with E-state index in [0.29, 0.717) is 30.2 Å². The number of carbonyl (C=O) groups is 2. The number of hydrogen-bond donors (Lipinski definition) is 0. The van der Waals surface area contributed by atoms with Crippen LogP contribution in [0.25, 0.3) is 0 Å². The molecule has 0 bridgehead atoms. The van der Waals surface area contributed by atoms with Crippen molar-refractivity contribution < 1.29 is 19.1 Å². The molecule has 34 heavy (non-hydrogen) atoms. The SMILES string of the molecule is COc1ccc(C(=O)N(CC(=O)N(Cc2ccccc2)Cc2cccs2)C(C)(C)C)c(OC)c1. The zero-order chi connectivity index (χ0) is 24.7. The fourth-order valence-electron chi connectivity index (χ4n) is 3.60. The summed E-state index contributed by atoms with van der Waals surface area (Å²) in [6.07, 6.45) is 0. The average molecular weight is 481 g/mol. The number of methoxy groups -OCH3 is 2. The van der Waals surface area contributed by atoms with Gasteiger partial charge in [0.15, 0.2) is 0 Å². The van der Waals surface area contributed by atoms with Crippen molar-refractivity contribution >= 4 is 23.2 Å². The second-order valence-electron chi connectivity index (χ2n) is 8.94. The molecule has 0 aliphatic carbocycles. The maximum absolute atomic E-state index is 13.6. The molecule has 0 unspecified atom stereocenters. The second-order valence-corrected chi connectivity index (χ2v) is 9.98. The molecule has 2 amide bonds. The zero-order valence-electron chi connectivity index (χ0n) is 20.4. The molecule has 180 valence electrons. The van der Waals surface area contributed by atoms with E-state index in [0.717, 1.165) is 10.4 Å². The van der Waals surface area contributed by atoms with Gasteiger partial charge in [0.1, 0.15) is 18.0 Å². The summed E-state index contributed by atoms with van der Waals surface area (Å²) >= 11 is 1.61. The van der Waals surface area contributed by atoms with Gasteiger partial charge >= 0.3 is 0 Å². The molecule has 7 heteroatoms. The Morgan fingerprint density at radius 1 is 0.912 bits per heavy atom. The summed E-state index contributed by atoms with van der Waals surface area (Å²) in [7, 11) is 3.08. The van der Waals surface area contributed by atoms with E-state index >= 15 is 0 Å². The molecule has 3 rings (SSSR count). The lowest BCUT2D eigenvalue weighted by atomic mass is 10.0. The first-order valence-electron chi connectivity index (χ1n) is 11.1. The van der Waals surface area contributed by atoms with Gasteiger partial charge in [-0.2, -0.15) is 0 Å². The smallest absolute Gasteiger partial charge is 0.258 e. The van der Waals surface area contributed by atoms with Crippen molar-refractivity contribution in [2.45, 2.75) is 39.4 Å². The largest absolute Gasteiger partial charge is 0.497 e. The molecule has 3 aromatic rings. The predicted molar refractivity (Wildman–Crippen MR) is 135 cm³/mol. The van der Waals surface area contributed by atoms with Crippen molar-refractivity contribution in [3.05, 3.63) is 82.0 Å². The number of amides is 2. The molecule has 0 saturated carbocycles. The standard InChI is InChI=1S/C27H32N2O4S/c1-27(2,3)29(26(31)23-14-13-21(32-4)16-24(23)33-5)19-25(30)28(18-22-12-9-15-34-22)17-20-10-7-6-8-11-20/h6-16H,17-19H2,1-5H3. The van der Waals surface area contributed by atoms with Crippen LogP contribution < -0.4 is 9.47 Å². The Balaban J connectivity index is 1.88. The van der Waals surface area contributed by atoms with Crippen LogP contribution in [0.4, 0.5) is 0 Å². The lowest BCUT2D eigenvalue weighted by Crippen LogP contribution is -2.51. The highest BCUT2D eigenvalue weighted by Crippen LogP contribution is 2.28. The average Bonchev–Trinajstić information content (AvgIpc) is 3.34. The number of thiophene rings is 1. The van der Waals surface area contributed by atoms with E-state index in [1.54, 1.807) is 46.4 Å². The Hall–Kier alpha value is -3.32. The van der Waals surface area contributed by atoms with Crippen molar-refractivity contribution in [2.24, 2.45) is 0 Å². The maximum atomic E-state index is 13.6. The van der Waals surface area contributed by atoms with E-state index in [-0.39, 0.29) is 18.4 Å². The van der Waals surface area contributed by atoms with Crippen LogP contribution in [-0.2, 0) is 17.9 Å². The van der Waals surface area contributed by atoms with E-state index < -0.39 is 5.54 Å². The van der Waals surface area contributed by atoms with E-state index in [1.165, 1.54) is 7.11 Å². The van der Waals surface area contributed by atoms with Crippen LogP contribution in [0, 0.1) is 0 Å². The minimum atomic E-state index is -0.584. The van der Waals surface area contributed by atoms with Crippen molar-refractivity contribution in [3.63, 3.8) is 0 Å². The van der Waals surface area contributed by atoms with Gasteiger partial charge in [-0.25, -0.2) is 0 Å². The summed E-state index contributed by atoms with van der Waals surface area (Å²) in [5.74, 6) is 0.617. The van der Waals surface area contributed by atoms with Crippen molar-refractivity contribution in [3.8, 4) is 11.5 Å². The first-order chi connectivity index (χ1) is 16.2. The lowest BCUT2D eigenvalue weighted by molar-refractivity contribution is -0.134. The molecule has 0 fully saturated rings. The Morgan fingerprint density at radius 3 is 2.24 bits per heavy atom. The molecule has 0 atom stereocenters. The molecule has 2 aromatic carbocycles. The number of carbonyl (C=O) groups excluding carboxylic acids is 2. The van der Waals surface area contributed by atoms with Gasteiger partial charge < -0.3 is 19.3 Å². The van der Waals surface area contributed by atoms with Gasteiger partial charge in [-0.15, -0.1) is 11.3 Å². The number of benzene rings is 2. The molecule has 0 N–H and O–H groups in total. The van der Waals surface area contributed by atoms with Gasteiger partial charge in [-0.05, 0) is 49.9 Å². The van der Waals surface area contributed by atoms with Gasteiger partial charge in [0.25, 0.3) is 5.91 Å². The summed E-state index contributed by atoms with van der Waals surface area (Å²) < 4.78 is 10.7. The van der Waals surface area contributed by atoms with Crippen LogP contribution in [-0.4, -0.2) is 47.9 Å². The highest BCUT2D eigenvalue weighted by atomic mass is 32.1. The zero-order valence-corrected chi connectivity index (χ0v) is 21.2. The lowest BCUT2D eigenvalue weighted by Gasteiger charge is -2.37. The molecule has 0 aliphatic rings. The topological polar surface area (TPSA) is 59.1 Å². The Kier molecular flexibility index (Phi) is 8.34. The molecule has 0 saturated heterocycles. The fourth-order valence-corrected chi connectivity index (χ4v) is 4.32. The summed E-state index contributed by atoms with van der Waals surface area (Å²) in [5, 5.41) is 2.00. The summed E-state index contributed by atoms with van der Waals surface area (Å²) in [6, 6.07) is 19.0. The molecular formula is C27H32N2O4S. The van der Waals surface area contributed by atoms with Crippen molar-refractivity contribution in [2.75, 3.05) is 20.8 Å². The Bertz CT molecular complexity index is 1090. The summed E-state index contributed by atoms with van der Waals surface area (Å²) in [4.78, 5) is 31.7. The molecule has 6 nitrogen and oxygen atoms in total. The first-order valence-corrected chi connectivity index (χ1v) is 12.0. The van der Waals surface area contributed by atoms with E-state index in [9.17, 15) is 9.59 Å². The van der Waals surface area contributed by atoms with E-state index in [4.69, 9.17) is 9.47 Å². The molecule has 1 aromatic heterocycles. The van der Waals surface area contributed by atoms with Crippen LogP contribution in [0.1, 0.15) is 41.6 Å². The molecule has 0 radical (unpaired) electrons. The van der Waals surface area contributed by atoms with Gasteiger partial charge in [0, 0.05) is 23.0 Å². The maximum Gasteiger partial charge on any atom is 0.258 e. The van der Waals surface area contributed by atoms with Crippen LogP contribution >= 0.6 is 11.3 Å². The minimum Gasteiger partial charge on any atom is -0.497 e. The van der Waals surface area contributed by atoms with Crippen LogP contribution in [0.5, 0.6) is 11.5 Å². The second kappa shape index (κ2) is 11.2. The molecule has 0 spiro atoms. The van der Waals surface area contributed by atoms with Gasteiger partial charge in [0.05, 0.1) is 26.3 Å². The monoisotopic (exact) mass is 480 g/mol. The number of hydrogen-bond acceptors (Lipinski definition) is 5. The fraction of sp³-hybridized carbons (Fsp3) is 0.333. The number of rotatable bonds is 9. The highest BCUT2D eigenvalue weighted by molar-refractivity contribution is 7.09. The highest BCUT2D eigenvalue weighted by Gasteiger charge is 2.32. The molecule has 0 aliphatic heterocycles. The third kappa shape index (κ3) is 6.38. The third-order valence-corrected chi connectivity index (χ3v) is 6.34. The quantitative estimate of drug-likeness (QED) is 0.421. The summed E-state index contributed by atoms with van der Waals surface area (Å²) in [5.41, 5.74) is 0.843. The third-order valence-electron chi connectivity index (χ3n) is 5.48.